The van der Waals surface area contributed by atoms with E-state index in [0.717, 1.165) is 6.42 Å². The smallest absolute Gasteiger partial charge is 0.241 e. The zero-order valence-corrected chi connectivity index (χ0v) is 11.0. The van der Waals surface area contributed by atoms with Crippen LogP contribution in [0.15, 0.2) is 18.2 Å². The maximum atomic E-state index is 11.8. The van der Waals surface area contributed by atoms with Gasteiger partial charge >= 0.3 is 0 Å². The van der Waals surface area contributed by atoms with Crippen molar-refractivity contribution >= 4 is 11.6 Å². The molecule has 0 fully saturated rings. The fraction of sp³-hybridized carbons (Fsp3) is 0.462. The van der Waals surface area contributed by atoms with Gasteiger partial charge < -0.3 is 20.5 Å². The van der Waals surface area contributed by atoms with E-state index in [1.807, 2.05) is 6.92 Å². The van der Waals surface area contributed by atoms with Gasteiger partial charge in [-0.1, -0.05) is 13.3 Å². The van der Waals surface area contributed by atoms with E-state index in [0.29, 0.717) is 23.6 Å². The van der Waals surface area contributed by atoms with Crippen LogP contribution in [0, 0.1) is 0 Å². The van der Waals surface area contributed by atoms with Gasteiger partial charge in [0.2, 0.25) is 5.91 Å². The van der Waals surface area contributed by atoms with Crippen molar-refractivity contribution in [3.05, 3.63) is 18.2 Å². The molecular weight excluding hydrogens is 232 g/mol. The Morgan fingerprint density at radius 1 is 1.39 bits per heavy atom. The lowest BCUT2D eigenvalue weighted by Gasteiger charge is -2.14. The van der Waals surface area contributed by atoms with Crippen LogP contribution in [0.3, 0.4) is 0 Å². The second kappa shape index (κ2) is 6.86. The number of nitrogens with two attached hydrogens (primary N) is 1. The monoisotopic (exact) mass is 252 g/mol. The average Bonchev–Trinajstić information content (AvgIpc) is 2.39. The van der Waals surface area contributed by atoms with Crippen LogP contribution < -0.4 is 20.5 Å². The number of carbonyl (C=O) groups is 1. The normalized spacial score (nSPS) is 11.8. The fourth-order valence-electron chi connectivity index (χ4n) is 1.57. The van der Waals surface area contributed by atoms with Gasteiger partial charge in [0.05, 0.1) is 25.9 Å². The van der Waals surface area contributed by atoms with Crippen molar-refractivity contribution in [2.24, 2.45) is 5.73 Å². The maximum absolute atomic E-state index is 11.8. The molecule has 5 heteroatoms. The standard InChI is InChI=1S/C13H20N2O3/c1-4-5-10(14)13(16)15-11-7-6-9(17-2)8-12(11)18-3/h6-8,10H,4-5,14H2,1-3H3,(H,15,16)/t10-/m1/s1. The van der Waals surface area contributed by atoms with E-state index in [1.165, 1.54) is 7.11 Å². The molecule has 1 amide bonds. The summed E-state index contributed by atoms with van der Waals surface area (Å²) in [6.07, 6.45) is 1.53. The lowest BCUT2D eigenvalue weighted by Crippen LogP contribution is -2.35. The quantitative estimate of drug-likeness (QED) is 0.809. The number of benzene rings is 1. The zero-order valence-electron chi connectivity index (χ0n) is 11.0. The summed E-state index contributed by atoms with van der Waals surface area (Å²) in [5.74, 6) is 1.01. The predicted molar refractivity (Wildman–Crippen MR) is 71.1 cm³/mol. The van der Waals surface area contributed by atoms with Crippen LogP contribution in [-0.2, 0) is 4.79 Å². The molecule has 0 heterocycles. The van der Waals surface area contributed by atoms with E-state index in [1.54, 1.807) is 25.3 Å². The summed E-state index contributed by atoms with van der Waals surface area (Å²) in [6.45, 7) is 1.99. The number of anilines is 1. The van der Waals surface area contributed by atoms with Gasteiger partial charge in [-0.3, -0.25) is 4.79 Å². The van der Waals surface area contributed by atoms with Gasteiger partial charge in [0.1, 0.15) is 11.5 Å². The van der Waals surface area contributed by atoms with Crippen LogP contribution in [0.2, 0.25) is 0 Å². The Morgan fingerprint density at radius 2 is 2.11 bits per heavy atom. The first kappa shape index (κ1) is 14.3. The average molecular weight is 252 g/mol. The Bertz CT molecular complexity index is 407. The molecule has 0 aromatic heterocycles. The summed E-state index contributed by atoms with van der Waals surface area (Å²) in [6, 6.07) is 4.69. The van der Waals surface area contributed by atoms with E-state index in [2.05, 4.69) is 5.32 Å². The number of ether oxygens (including phenoxy) is 2. The molecule has 5 nitrogen and oxygen atoms in total. The van der Waals surface area contributed by atoms with Gasteiger partial charge in [-0.15, -0.1) is 0 Å². The molecule has 0 unspecified atom stereocenters. The largest absolute Gasteiger partial charge is 0.497 e. The molecule has 1 aromatic carbocycles. The minimum atomic E-state index is -0.498. The lowest BCUT2D eigenvalue weighted by atomic mass is 10.1. The SMILES string of the molecule is CCC[C@@H](N)C(=O)Nc1ccc(OC)cc1OC. The minimum absolute atomic E-state index is 0.208. The molecule has 100 valence electrons. The highest BCUT2D eigenvalue weighted by atomic mass is 16.5. The second-order valence-corrected chi connectivity index (χ2v) is 3.95. The van der Waals surface area contributed by atoms with Crippen LogP contribution in [0.5, 0.6) is 11.5 Å². The molecule has 1 aromatic rings. The molecule has 0 radical (unpaired) electrons. The maximum Gasteiger partial charge on any atom is 0.241 e. The molecule has 18 heavy (non-hydrogen) atoms. The van der Waals surface area contributed by atoms with Gasteiger partial charge in [0.15, 0.2) is 0 Å². The van der Waals surface area contributed by atoms with Crippen LogP contribution in [0.25, 0.3) is 0 Å². The van der Waals surface area contributed by atoms with Crippen LogP contribution in [0.1, 0.15) is 19.8 Å². The summed E-state index contributed by atoms with van der Waals surface area (Å²) in [7, 11) is 3.11. The molecule has 0 saturated heterocycles. The Hall–Kier alpha value is -1.75. The van der Waals surface area contributed by atoms with Crippen molar-refractivity contribution in [3.63, 3.8) is 0 Å². The molecule has 0 bridgehead atoms. The summed E-state index contributed by atoms with van der Waals surface area (Å²) in [5.41, 5.74) is 6.34. The predicted octanol–water partition coefficient (Wildman–Crippen LogP) is 1.77. The highest BCUT2D eigenvalue weighted by Crippen LogP contribution is 2.29. The summed E-state index contributed by atoms with van der Waals surface area (Å²) in [5, 5.41) is 2.75. The van der Waals surface area contributed by atoms with Crippen molar-refractivity contribution in [3.8, 4) is 11.5 Å². The van der Waals surface area contributed by atoms with Crippen molar-refractivity contribution in [1.82, 2.24) is 0 Å². The summed E-state index contributed by atoms with van der Waals surface area (Å²) >= 11 is 0. The van der Waals surface area contributed by atoms with Crippen molar-refractivity contribution in [1.29, 1.82) is 0 Å². The van der Waals surface area contributed by atoms with E-state index >= 15 is 0 Å². The summed E-state index contributed by atoms with van der Waals surface area (Å²) < 4.78 is 10.3. The molecule has 0 aliphatic rings. The Morgan fingerprint density at radius 3 is 2.67 bits per heavy atom. The third kappa shape index (κ3) is 3.63. The fourth-order valence-corrected chi connectivity index (χ4v) is 1.57. The number of methoxy groups -OCH3 is 2. The van der Waals surface area contributed by atoms with E-state index in [4.69, 9.17) is 15.2 Å². The van der Waals surface area contributed by atoms with Gasteiger partial charge in [0, 0.05) is 6.07 Å². The molecule has 0 aliphatic heterocycles. The van der Waals surface area contributed by atoms with Crippen molar-refractivity contribution in [2.75, 3.05) is 19.5 Å². The van der Waals surface area contributed by atoms with Gasteiger partial charge in [-0.25, -0.2) is 0 Å². The third-order valence-corrected chi connectivity index (χ3v) is 2.60. The molecule has 1 rings (SSSR count). The highest BCUT2D eigenvalue weighted by Gasteiger charge is 2.14. The topological polar surface area (TPSA) is 73.6 Å². The first-order valence-electron chi connectivity index (χ1n) is 5.90. The third-order valence-electron chi connectivity index (χ3n) is 2.60. The van der Waals surface area contributed by atoms with Gasteiger partial charge in [-0.2, -0.15) is 0 Å². The lowest BCUT2D eigenvalue weighted by molar-refractivity contribution is -0.117. The highest BCUT2D eigenvalue weighted by molar-refractivity contribution is 5.96. The molecule has 3 N–H and O–H groups in total. The number of nitrogens with one attached hydrogen (secondary N) is 1. The number of hydrogen-bond donors (Lipinski definition) is 2. The Balaban J connectivity index is 2.80. The van der Waals surface area contributed by atoms with Crippen molar-refractivity contribution < 1.29 is 14.3 Å². The number of rotatable bonds is 6. The van der Waals surface area contributed by atoms with E-state index in [-0.39, 0.29) is 5.91 Å². The van der Waals surface area contributed by atoms with E-state index in [9.17, 15) is 4.79 Å². The van der Waals surface area contributed by atoms with Gasteiger partial charge in [-0.05, 0) is 18.6 Å². The van der Waals surface area contributed by atoms with Crippen LogP contribution in [0.4, 0.5) is 5.69 Å². The Kier molecular flexibility index (Phi) is 5.45. The van der Waals surface area contributed by atoms with E-state index < -0.39 is 6.04 Å². The number of carbonyl (C=O) groups excluding carboxylic acids is 1. The molecule has 1 atom stereocenters. The molecular formula is C13H20N2O3. The molecule has 0 spiro atoms. The second-order valence-electron chi connectivity index (χ2n) is 3.95. The molecule has 0 aliphatic carbocycles. The number of hydrogen-bond acceptors (Lipinski definition) is 4. The number of amides is 1. The van der Waals surface area contributed by atoms with Gasteiger partial charge in [0.25, 0.3) is 0 Å². The summed E-state index contributed by atoms with van der Waals surface area (Å²) in [4.78, 5) is 11.8. The van der Waals surface area contributed by atoms with Crippen molar-refractivity contribution in [2.45, 2.75) is 25.8 Å². The zero-order chi connectivity index (χ0) is 13.5. The Labute approximate surface area is 107 Å². The minimum Gasteiger partial charge on any atom is -0.497 e. The first-order valence-corrected chi connectivity index (χ1v) is 5.90. The molecule has 0 saturated carbocycles. The first-order chi connectivity index (χ1) is 8.62. The van der Waals surface area contributed by atoms with Crippen LogP contribution >= 0.6 is 0 Å². The van der Waals surface area contributed by atoms with Crippen LogP contribution in [-0.4, -0.2) is 26.2 Å².